The van der Waals surface area contributed by atoms with Crippen molar-refractivity contribution in [1.82, 2.24) is 9.78 Å². The van der Waals surface area contributed by atoms with Crippen molar-refractivity contribution >= 4 is 34.9 Å². The Hall–Kier alpha value is -3.12. The van der Waals surface area contributed by atoms with Gasteiger partial charge in [0.25, 0.3) is 0 Å². The highest BCUT2D eigenvalue weighted by Crippen LogP contribution is 2.53. The summed E-state index contributed by atoms with van der Waals surface area (Å²) in [5.74, 6) is 0.489. The van der Waals surface area contributed by atoms with Crippen molar-refractivity contribution in [3.05, 3.63) is 70.9 Å². The highest BCUT2D eigenvalue weighted by molar-refractivity contribution is 6.31. The van der Waals surface area contributed by atoms with Gasteiger partial charge in [-0.25, -0.2) is 4.68 Å². The van der Waals surface area contributed by atoms with Gasteiger partial charge >= 0.3 is 0 Å². The molecule has 0 unspecified atom stereocenters. The van der Waals surface area contributed by atoms with Gasteiger partial charge in [0.2, 0.25) is 11.8 Å². The minimum absolute atomic E-state index is 0.0290. The van der Waals surface area contributed by atoms with Crippen LogP contribution in [0.4, 0.5) is 11.5 Å². The van der Waals surface area contributed by atoms with E-state index in [4.69, 9.17) is 11.6 Å². The number of hydrogen-bond acceptors (Lipinski definition) is 3. The first-order chi connectivity index (χ1) is 14.4. The van der Waals surface area contributed by atoms with Crippen LogP contribution in [0, 0.1) is 5.92 Å². The number of carbonyl (C=O) groups excluding carboxylic acids is 2. The second-order valence-corrected chi connectivity index (χ2v) is 8.69. The van der Waals surface area contributed by atoms with Crippen LogP contribution in [0.25, 0.3) is 5.69 Å². The summed E-state index contributed by atoms with van der Waals surface area (Å²) in [4.78, 5) is 28.6. The predicted molar refractivity (Wildman–Crippen MR) is 116 cm³/mol. The van der Waals surface area contributed by atoms with Gasteiger partial charge < -0.3 is 10.2 Å². The van der Waals surface area contributed by atoms with Crippen LogP contribution < -0.4 is 10.2 Å². The zero-order valence-corrected chi connectivity index (χ0v) is 17.5. The third-order valence-corrected chi connectivity index (χ3v) is 6.02. The molecule has 30 heavy (non-hydrogen) atoms. The molecule has 2 aliphatic rings. The number of nitrogens with zero attached hydrogens (tertiary/aromatic N) is 3. The fourth-order valence-corrected chi connectivity index (χ4v) is 4.75. The quantitative estimate of drug-likeness (QED) is 0.691. The zero-order valence-electron chi connectivity index (χ0n) is 16.7. The third-order valence-electron chi connectivity index (χ3n) is 5.78. The van der Waals surface area contributed by atoms with E-state index in [0.29, 0.717) is 22.9 Å². The summed E-state index contributed by atoms with van der Waals surface area (Å²) in [6.07, 6.45) is 1.73. The van der Waals surface area contributed by atoms with E-state index in [1.54, 1.807) is 21.8 Å². The van der Waals surface area contributed by atoms with E-state index < -0.39 is 5.41 Å². The summed E-state index contributed by atoms with van der Waals surface area (Å²) in [5.41, 5.74) is 1.97. The number of carbonyl (C=O) groups is 2. The lowest BCUT2D eigenvalue weighted by Gasteiger charge is -2.32. The first kappa shape index (κ1) is 18.9. The molecule has 3 heterocycles. The molecule has 2 aromatic carbocycles. The smallest absolute Gasteiger partial charge is 0.242 e. The van der Waals surface area contributed by atoms with Crippen molar-refractivity contribution in [3.8, 4) is 5.69 Å². The van der Waals surface area contributed by atoms with Crippen molar-refractivity contribution in [3.63, 3.8) is 0 Å². The van der Waals surface area contributed by atoms with Gasteiger partial charge in [-0.1, -0.05) is 43.6 Å². The van der Waals surface area contributed by atoms with Crippen LogP contribution in [0.15, 0.2) is 54.7 Å². The Labute approximate surface area is 179 Å². The molecular weight excluding hydrogens is 400 g/mol. The Morgan fingerprint density at radius 1 is 1.13 bits per heavy atom. The Morgan fingerprint density at radius 3 is 2.63 bits per heavy atom. The molecule has 3 aromatic rings. The average molecular weight is 421 g/mol. The second-order valence-electron chi connectivity index (χ2n) is 8.26. The molecule has 1 spiro atoms. The van der Waals surface area contributed by atoms with Gasteiger partial charge in [0, 0.05) is 29.2 Å². The van der Waals surface area contributed by atoms with Crippen molar-refractivity contribution in [2.45, 2.75) is 25.7 Å². The molecule has 2 aliphatic heterocycles. The zero-order chi connectivity index (χ0) is 21.0. The molecule has 2 amide bonds. The second kappa shape index (κ2) is 6.71. The Morgan fingerprint density at radius 2 is 1.90 bits per heavy atom. The summed E-state index contributed by atoms with van der Waals surface area (Å²) < 4.78 is 1.68. The standard InChI is InChI=1S/C23H21ClN4O2/c1-14(2)13-27-19-9-8-15(24)10-17(19)23(22(27)30)11-20(29)26-21-18(23)12-25-28(21)16-6-4-3-5-7-16/h3-10,12,14H,11,13H2,1-2H3,(H,26,29)/t23-/m0/s1. The average Bonchev–Trinajstić information content (AvgIpc) is 3.23. The van der Waals surface area contributed by atoms with Crippen LogP contribution in [-0.2, 0) is 15.0 Å². The van der Waals surface area contributed by atoms with Crippen molar-refractivity contribution < 1.29 is 9.59 Å². The molecule has 5 rings (SSSR count). The highest BCUT2D eigenvalue weighted by atomic mass is 35.5. The molecule has 1 atom stereocenters. The predicted octanol–water partition coefficient (Wildman–Crippen LogP) is 4.16. The lowest BCUT2D eigenvalue weighted by Crippen LogP contribution is -2.47. The van der Waals surface area contributed by atoms with Crippen molar-refractivity contribution in [2.24, 2.45) is 5.92 Å². The van der Waals surface area contributed by atoms with E-state index in [2.05, 4.69) is 24.3 Å². The summed E-state index contributed by atoms with van der Waals surface area (Å²) in [6, 6.07) is 15.0. The molecular formula is C23H21ClN4O2. The SMILES string of the molecule is CC(C)CN1C(=O)[C@@]2(CC(=O)Nc3c2cnn3-c2ccccc2)c2cc(Cl)ccc21. The monoisotopic (exact) mass is 420 g/mol. The van der Waals surface area contributed by atoms with Gasteiger partial charge in [-0.3, -0.25) is 9.59 Å². The number of anilines is 2. The van der Waals surface area contributed by atoms with Crippen molar-refractivity contribution in [1.29, 1.82) is 0 Å². The topological polar surface area (TPSA) is 67.2 Å². The van der Waals surface area contributed by atoms with Crippen LogP contribution in [0.5, 0.6) is 0 Å². The maximum Gasteiger partial charge on any atom is 0.242 e. The number of benzene rings is 2. The highest BCUT2D eigenvalue weighted by Gasteiger charge is 2.57. The molecule has 7 heteroatoms. The number of rotatable bonds is 3. The number of amides is 2. The normalized spacial score (nSPS) is 19.9. The Kier molecular flexibility index (Phi) is 4.22. The molecule has 0 aliphatic carbocycles. The molecule has 1 N–H and O–H groups in total. The lowest BCUT2D eigenvalue weighted by atomic mass is 9.72. The maximum absolute atomic E-state index is 13.9. The number of hydrogen-bond donors (Lipinski definition) is 1. The molecule has 0 radical (unpaired) electrons. The summed E-state index contributed by atoms with van der Waals surface area (Å²) in [7, 11) is 0. The van der Waals surface area contributed by atoms with E-state index in [1.165, 1.54) is 0 Å². The minimum atomic E-state index is -1.13. The van der Waals surface area contributed by atoms with E-state index in [-0.39, 0.29) is 24.2 Å². The van der Waals surface area contributed by atoms with Gasteiger partial charge in [-0.2, -0.15) is 5.10 Å². The van der Waals surface area contributed by atoms with E-state index >= 15 is 0 Å². The van der Waals surface area contributed by atoms with Gasteiger partial charge in [0.1, 0.15) is 11.2 Å². The van der Waals surface area contributed by atoms with E-state index in [9.17, 15) is 9.59 Å². The molecule has 0 bridgehead atoms. The third kappa shape index (κ3) is 2.60. The molecule has 1 aromatic heterocycles. The van der Waals surface area contributed by atoms with E-state index in [0.717, 1.165) is 16.9 Å². The first-order valence-corrected chi connectivity index (χ1v) is 10.4. The molecule has 0 fully saturated rings. The number of para-hydroxylation sites is 1. The number of nitrogens with one attached hydrogen (secondary N) is 1. The van der Waals surface area contributed by atoms with Gasteiger partial charge in [-0.05, 0) is 41.8 Å². The fourth-order valence-electron chi connectivity index (χ4n) is 4.58. The minimum Gasteiger partial charge on any atom is -0.311 e. The summed E-state index contributed by atoms with van der Waals surface area (Å²) >= 11 is 6.34. The Balaban J connectivity index is 1.76. The van der Waals surface area contributed by atoms with Gasteiger partial charge in [-0.15, -0.1) is 0 Å². The number of fused-ring (bicyclic) bond motifs is 4. The molecule has 6 nitrogen and oxygen atoms in total. The summed E-state index contributed by atoms with van der Waals surface area (Å²) in [5, 5.41) is 8.01. The van der Waals surface area contributed by atoms with E-state index in [1.807, 2.05) is 42.5 Å². The number of aromatic nitrogens is 2. The maximum atomic E-state index is 13.9. The summed E-state index contributed by atoms with van der Waals surface area (Å²) in [6.45, 7) is 4.71. The van der Waals surface area contributed by atoms with Gasteiger partial charge in [0.15, 0.2) is 0 Å². The van der Waals surface area contributed by atoms with Crippen molar-refractivity contribution in [2.75, 3.05) is 16.8 Å². The van der Waals surface area contributed by atoms with Crippen LogP contribution in [0.3, 0.4) is 0 Å². The Bertz CT molecular complexity index is 1170. The lowest BCUT2D eigenvalue weighted by molar-refractivity contribution is -0.126. The molecule has 152 valence electrons. The van der Waals surface area contributed by atoms with Crippen LogP contribution >= 0.6 is 11.6 Å². The molecule has 0 saturated carbocycles. The van der Waals surface area contributed by atoms with Crippen LogP contribution in [0.1, 0.15) is 31.4 Å². The largest absolute Gasteiger partial charge is 0.311 e. The van der Waals surface area contributed by atoms with Crippen LogP contribution in [-0.4, -0.2) is 28.1 Å². The first-order valence-electron chi connectivity index (χ1n) is 9.97. The van der Waals surface area contributed by atoms with Gasteiger partial charge in [0.05, 0.1) is 11.9 Å². The fraction of sp³-hybridized carbons (Fsp3) is 0.261. The molecule has 0 saturated heterocycles. The number of halogens is 1. The van der Waals surface area contributed by atoms with Crippen LogP contribution in [0.2, 0.25) is 5.02 Å².